The smallest absolute Gasteiger partial charge is 0.227 e. The summed E-state index contributed by atoms with van der Waals surface area (Å²) in [4.78, 5) is 16.2. The Kier molecular flexibility index (Phi) is 5.61. The first-order chi connectivity index (χ1) is 12.6. The average Bonchev–Trinajstić information content (AvgIpc) is 2.65. The Morgan fingerprint density at radius 2 is 1.96 bits per heavy atom. The van der Waals surface area contributed by atoms with Gasteiger partial charge in [-0.05, 0) is 48.4 Å². The van der Waals surface area contributed by atoms with Gasteiger partial charge in [-0.15, -0.1) is 0 Å². The molecule has 0 aliphatic rings. The third-order valence-electron chi connectivity index (χ3n) is 3.88. The maximum Gasteiger partial charge on any atom is 0.227 e. The highest BCUT2D eigenvalue weighted by molar-refractivity contribution is 5.91. The molecule has 0 fully saturated rings. The number of nitrogens with one attached hydrogen (secondary N) is 1. The Hall–Kier alpha value is -3.18. The monoisotopic (exact) mass is 348 g/mol. The minimum Gasteiger partial charge on any atom is -0.455 e. The quantitative estimate of drug-likeness (QED) is 0.699. The van der Waals surface area contributed by atoms with Gasteiger partial charge in [0, 0.05) is 11.9 Å². The van der Waals surface area contributed by atoms with Crippen molar-refractivity contribution in [3.63, 3.8) is 0 Å². The molecule has 0 aliphatic carbocycles. The lowest BCUT2D eigenvalue weighted by molar-refractivity contribution is -0.118. The fourth-order valence-electron chi connectivity index (χ4n) is 2.56. The second-order valence-corrected chi connectivity index (χ2v) is 5.95. The van der Waals surface area contributed by atoms with Crippen LogP contribution in [0.15, 0.2) is 73.1 Å². The van der Waals surface area contributed by atoms with Crippen LogP contribution in [0.25, 0.3) is 0 Å². The number of aliphatic hydroxyl groups excluding tert-OH is 1. The van der Waals surface area contributed by atoms with Crippen molar-refractivity contribution < 1.29 is 14.6 Å². The van der Waals surface area contributed by atoms with Gasteiger partial charge in [-0.25, -0.2) is 0 Å². The molecule has 0 spiro atoms. The zero-order valence-corrected chi connectivity index (χ0v) is 14.4. The van der Waals surface area contributed by atoms with Crippen molar-refractivity contribution in [3.8, 4) is 11.5 Å². The van der Waals surface area contributed by atoms with Crippen molar-refractivity contribution >= 4 is 11.6 Å². The number of aryl methyl sites for hydroxylation is 1. The molecule has 0 aliphatic heterocycles. The number of hydrogen-bond donors (Lipinski definition) is 2. The molecule has 2 N–H and O–H groups in total. The summed E-state index contributed by atoms with van der Waals surface area (Å²) in [6.45, 7) is 1.90. The predicted octanol–water partition coefficient (Wildman–Crippen LogP) is 4.24. The van der Waals surface area contributed by atoms with Gasteiger partial charge in [-0.1, -0.05) is 30.3 Å². The Morgan fingerprint density at radius 1 is 1.15 bits per heavy atom. The van der Waals surface area contributed by atoms with Crippen molar-refractivity contribution in [2.75, 3.05) is 5.32 Å². The van der Waals surface area contributed by atoms with Crippen LogP contribution in [0.2, 0.25) is 0 Å². The molecule has 1 aromatic heterocycles. The largest absolute Gasteiger partial charge is 0.455 e. The minimum absolute atomic E-state index is 0.00298. The first kappa shape index (κ1) is 17.6. The molecule has 0 radical (unpaired) electrons. The van der Waals surface area contributed by atoms with Crippen LogP contribution in [-0.4, -0.2) is 16.0 Å². The van der Waals surface area contributed by atoms with E-state index >= 15 is 0 Å². The number of benzene rings is 2. The maximum atomic E-state index is 12.2. The van der Waals surface area contributed by atoms with Gasteiger partial charge in [0.25, 0.3) is 0 Å². The molecule has 0 bridgehead atoms. The summed E-state index contributed by atoms with van der Waals surface area (Å²) >= 11 is 0. The number of anilines is 1. The topological polar surface area (TPSA) is 71.5 Å². The molecule has 1 atom stereocenters. The van der Waals surface area contributed by atoms with Crippen molar-refractivity contribution in [1.29, 1.82) is 0 Å². The highest BCUT2D eigenvalue weighted by Crippen LogP contribution is 2.27. The number of ether oxygens (including phenoxy) is 1. The molecule has 26 heavy (non-hydrogen) atoms. The normalized spacial score (nSPS) is 11.6. The Bertz CT molecular complexity index is 867. The average molecular weight is 348 g/mol. The summed E-state index contributed by atoms with van der Waals surface area (Å²) in [5.74, 6) is 1.10. The number of rotatable bonds is 6. The van der Waals surface area contributed by atoms with Gasteiger partial charge in [0.15, 0.2) is 0 Å². The molecule has 1 heterocycles. The molecule has 2 aromatic carbocycles. The third-order valence-corrected chi connectivity index (χ3v) is 3.88. The van der Waals surface area contributed by atoms with E-state index in [0.717, 1.165) is 11.1 Å². The molecule has 1 amide bonds. The fraction of sp³-hybridized carbons (Fsp3) is 0.143. The number of pyridine rings is 1. The van der Waals surface area contributed by atoms with Crippen LogP contribution < -0.4 is 10.1 Å². The van der Waals surface area contributed by atoms with Crippen LogP contribution in [-0.2, 0) is 4.79 Å². The summed E-state index contributed by atoms with van der Waals surface area (Å²) in [5, 5.41) is 13.0. The molecule has 5 heteroatoms. The zero-order valence-electron chi connectivity index (χ0n) is 14.4. The van der Waals surface area contributed by atoms with Gasteiger partial charge in [-0.2, -0.15) is 0 Å². The molecule has 3 aromatic rings. The van der Waals surface area contributed by atoms with Crippen molar-refractivity contribution in [3.05, 3.63) is 84.2 Å². The van der Waals surface area contributed by atoms with Crippen LogP contribution >= 0.6 is 0 Å². The Labute approximate surface area is 152 Å². The second-order valence-electron chi connectivity index (χ2n) is 5.95. The minimum atomic E-state index is -0.828. The third kappa shape index (κ3) is 4.68. The molecule has 0 saturated heterocycles. The van der Waals surface area contributed by atoms with Gasteiger partial charge in [0.2, 0.25) is 5.91 Å². The summed E-state index contributed by atoms with van der Waals surface area (Å²) in [5.41, 5.74) is 2.26. The molecule has 1 unspecified atom stereocenters. The zero-order chi connectivity index (χ0) is 18.4. The van der Waals surface area contributed by atoms with Crippen LogP contribution in [0, 0.1) is 6.92 Å². The number of carbonyl (C=O) groups is 1. The van der Waals surface area contributed by atoms with Gasteiger partial charge in [-0.3, -0.25) is 9.78 Å². The van der Waals surface area contributed by atoms with Gasteiger partial charge < -0.3 is 15.2 Å². The lowest BCUT2D eigenvalue weighted by Gasteiger charge is -2.13. The SMILES string of the molecule is Cc1cc(NC(=O)CC(O)c2ccccc2)ccc1Oc1cccnc1. The molecule has 0 saturated carbocycles. The number of aromatic nitrogens is 1. The number of aliphatic hydroxyl groups is 1. The first-order valence-corrected chi connectivity index (χ1v) is 8.33. The number of amides is 1. The summed E-state index contributed by atoms with van der Waals surface area (Å²) in [6, 6.07) is 18.2. The summed E-state index contributed by atoms with van der Waals surface area (Å²) < 4.78 is 5.78. The predicted molar refractivity (Wildman–Crippen MR) is 100 cm³/mol. The van der Waals surface area contributed by atoms with E-state index in [1.807, 2.05) is 37.3 Å². The van der Waals surface area contributed by atoms with Gasteiger partial charge >= 0.3 is 0 Å². The van der Waals surface area contributed by atoms with Crippen molar-refractivity contribution in [1.82, 2.24) is 4.98 Å². The molecule has 3 rings (SSSR count). The van der Waals surface area contributed by atoms with E-state index in [0.29, 0.717) is 17.2 Å². The van der Waals surface area contributed by atoms with Gasteiger partial charge in [0.05, 0.1) is 18.7 Å². The summed E-state index contributed by atoms with van der Waals surface area (Å²) in [6.07, 6.45) is 2.49. The fourth-order valence-corrected chi connectivity index (χ4v) is 2.56. The van der Waals surface area contributed by atoms with E-state index in [2.05, 4.69) is 10.3 Å². The first-order valence-electron chi connectivity index (χ1n) is 8.33. The molecular formula is C21H20N2O3. The summed E-state index contributed by atoms with van der Waals surface area (Å²) in [7, 11) is 0. The Morgan fingerprint density at radius 3 is 2.65 bits per heavy atom. The molecule has 5 nitrogen and oxygen atoms in total. The molecule has 132 valence electrons. The molecular weight excluding hydrogens is 328 g/mol. The second kappa shape index (κ2) is 8.27. The van der Waals surface area contributed by atoms with Crippen LogP contribution in [0.3, 0.4) is 0 Å². The van der Waals surface area contributed by atoms with Gasteiger partial charge in [0.1, 0.15) is 11.5 Å². The number of nitrogens with zero attached hydrogens (tertiary/aromatic N) is 1. The maximum absolute atomic E-state index is 12.2. The van der Waals surface area contributed by atoms with E-state index in [1.54, 1.807) is 42.7 Å². The Balaban J connectivity index is 1.61. The van der Waals surface area contributed by atoms with E-state index in [1.165, 1.54) is 0 Å². The standard InChI is InChI=1S/C21H20N2O3/c1-15-12-17(9-10-20(15)26-18-8-5-11-22-14-18)23-21(25)13-19(24)16-6-3-2-4-7-16/h2-12,14,19,24H,13H2,1H3,(H,23,25). The van der Waals surface area contributed by atoms with E-state index in [9.17, 15) is 9.90 Å². The van der Waals surface area contributed by atoms with Crippen LogP contribution in [0.5, 0.6) is 11.5 Å². The van der Waals surface area contributed by atoms with E-state index in [4.69, 9.17) is 4.74 Å². The van der Waals surface area contributed by atoms with Crippen molar-refractivity contribution in [2.45, 2.75) is 19.4 Å². The van der Waals surface area contributed by atoms with E-state index in [-0.39, 0.29) is 12.3 Å². The lowest BCUT2D eigenvalue weighted by Crippen LogP contribution is -2.15. The highest BCUT2D eigenvalue weighted by Gasteiger charge is 2.13. The van der Waals surface area contributed by atoms with E-state index < -0.39 is 6.10 Å². The lowest BCUT2D eigenvalue weighted by atomic mass is 10.1. The van der Waals surface area contributed by atoms with Crippen molar-refractivity contribution in [2.24, 2.45) is 0 Å². The highest BCUT2D eigenvalue weighted by atomic mass is 16.5. The number of hydrogen-bond acceptors (Lipinski definition) is 4. The number of carbonyl (C=O) groups excluding carboxylic acids is 1. The van der Waals surface area contributed by atoms with Crippen LogP contribution in [0.4, 0.5) is 5.69 Å². The van der Waals surface area contributed by atoms with Crippen LogP contribution in [0.1, 0.15) is 23.7 Å².